The molecule has 1 amide bonds. The highest BCUT2D eigenvalue weighted by molar-refractivity contribution is 5.98. The first kappa shape index (κ1) is 13.0. The number of ether oxygens (including phenoxy) is 1. The highest BCUT2D eigenvalue weighted by atomic mass is 16.5. The van der Waals surface area contributed by atoms with Gasteiger partial charge in [-0.05, 0) is 19.3 Å². The van der Waals surface area contributed by atoms with Crippen LogP contribution in [-0.2, 0) is 9.53 Å². The summed E-state index contributed by atoms with van der Waals surface area (Å²) in [5.74, 6) is -0.302. The van der Waals surface area contributed by atoms with E-state index in [0.717, 1.165) is 18.5 Å². The minimum atomic E-state index is -0.269. The Kier molecular flexibility index (Phi) is 3.11. The molecule has 7 nitrogen and oxygen atoms in total. The first-order valence-corrected chi connectivity index (χ1v) is 6.82. The molecule has 3 rings (SSSR count). The predicted octanol–water partition coefficient (Wildman–Crippen LogP) is 0.504. The Morgan fingerprint density at radius 2 is 2.15 bits per heavy atom. The Labute approximate surface area is 116 Å². The van der Waals surface area contributed by atoms with Gasteiger partial charge in [-0.15, -0.1) is 0 Å². The number of carbonyl (C=O) groups is 2. The number of nitrogens with two attached hydrogens (primary N) is 1. The van der Waals surface area contributed by atoms with Crippen LogP contribution < -0.4 is 5.73 Å². The van der Waals surface area contributed by atoms with E-state index >= 15 is 0 Å². The van der Waals surface area contributed by atoms with Gasteiger partial charge in [-0.3, -0.25) is 14.7 Å². The Hall–Kier alpha value is -2.05. The molecule has 0 radical (unpaired) electrons. The number of esters is 1. The summed E-state index contributed by atoms with van der Waals surface area (Å²) in [6, 6.07) is 0. The maximum atomic E-state index is 12.4. The van der Waals surface area contributed by atoms with Crippen LogP contribution in [0.3, 0.4) is 0 Å². The molecule has 1 aliphatic heterocycles. The molecule has 0 aromatic carbocycles. The maximum Gasteiger partial charge on any atom is 0.310 e. The van der Waals surface area contributed by atoms with E-state index in [4.69, 9.17) is 10.5 Å². The van der Waals surface area contributed by atoms with E-state index in [1.54, 1.807) is 4.90 Å². The zero-order chi connectivity index (χ0) is 14.3. The zero-order valence-corrected chi connectivity index (χ0v) is 11.4. The molecule has 1 saturated heterocycles. The number of aromatic amines is 1. The van der Waals surface area contributed by atoms with E-state index in [1.165, 1.54) is 7.11 Å². The number of rotatable bonds is 3. The average molecular weight is 278 g/mol. The summed E-state index contributed by atoms with van der Waals surface area (Å²) in [7, 11) is 1.36. The molecule has 1 aliphatic carbocycles. The quantitative estimate of drug-likeness (QED) is 0.784. The van der Waals surface area contributed by atoms with Gasteiger partial charge in [0.1, 0.15) is 0 Å². The van der Waals surface area contributed by atoms with Crippen molar-refractivity contribution in [1.82, 2.24) is 15.1 Å². The summed E-state index contributed by atoms with van der Waals surface area (Å²) in [4.78, 5) is 25.5. The molecule has 1 unspecified atom stereocenters. The van der Waals surface area contributed by atoms with Gasteiger partial charge >= 0.3 is 5.97 Å². The summed E-state index contributed by atoms with van der Waals surface area (Å²) in [5, 5.41) is 6.93. The second kappa shape index (κ2) is 4.81. The van der Waals surface area contributed by atoms with Crippen molar-refractivity contribution in [2.24, 2.45) is 5.92 Å². The summed E-state index contributed by atoms with van der Waals surface area (Å²) in [5.41, 5.74) is 7.61. The van der Waals surface area contributed by atoms with Crippen LogP contribution in [0.15, 0.2) is 0 Å². The number of hydrogen-bond donors (Lipinski definition) is 2. The molecule has 0 spiro atoms. The molecule has 7 heteroatoms. The maximum absolute atomic E-state index is 12.4. The smallest absolute Gasteiger partial charge is 0.310 e. The topological polar surface area (TPSA) is 101 Å². The van der Waals surface area contributed by atoms with Gasteiger partial charge in [-0.1, -0.05) is 0 Å². The van der Waals surface area contributed by atoms with E-state index in [-0.39, 0.29) is 23.5 Å². The number of methoxy groups -OCH3 is 1. The zero-order valence-electron chi connectivity index (χ0n) is 11.4. The van der Waals surface area contributed by atoms with Gasteiger partial charge in [0.15, 0.2) is 5.69 Å². The van der Waals surface area contributed by atoms with Crippen molar-refractivity contribution >= 4 is 17.6 Å². The number of anilines is 1. The summed E-state index contributed by atoms with van der Waals surface area (Å²) in [6.45, 7) is 0.903. The van der Waals surface area contributed by atoms with Gasteiger partial charge < -0.3 is 15.4 Å². The molecular weight excluding hydrogens is 260 g/mol. The van der Waals surface area contributed by atoms with Crippen LogP contribution in [0.1, 0.15) is 41.4 Å². The Bertz CT molecular complexity index is 550. The number of hydrogen-bond acceptors (Lipinski definition) is 5. The second-order valence-electron chi connectivity index (χ2n) is 5.43. The second-order valence-corrected chi connectivity index (χ2v) is 5.43. The van der Waals surface area contributed by atoms with Crippen molar-refractivity contribution in [3.63, 3.8) is 0 Å². The molecule has 20 heavy (non-hydrogen) atoms. The molecule has 2 aliphatic rings. The fourth-order valence-electron chi connectivity index (χ4n) is 2.66. The lowest BCUT2D eigenvalue weighted by molar-refractivity contribution is -0.144. The third-order valence-corrected chi connectivity index (χ3v) is 4.03. The third kappa shape index (κ3) is 2.13. The lowest BCUT2D eigenvalue weighted by Crippen LogP contribution is -2.31. The first-order chi connectivity index (χ1) is 9.61. The predicted molar refractivity (Wildman–Crippen MR) is 71.0 cm³/mol. The van der Waals surface area contributed by atoms with Crippen molar-refractivity contribution in [2.75, 3.05) is 25.9 Å². The summed E-state index contributed by atoms with van der Waals surface area (Å²) < 4.78 is 4.71. The fourth-order valence-corrected chi connectivity index (χ4v) is 2.66. The van der Waals surface area contributed by atoms with Gasteiger partial charge in [-0.2, -0.15) is 5.10 Å². The molecule has 1 aromatic rings. The van der Waals surface area contributed by atoms with Crippen LogP contribution in [0, 0.1) is 5.92 Å². The summed E-state index contributed by atoms with van der Waals surface area (Å²) in [6.07, 6.45) is 2.81. The van der Waals surface area contributed by atoms with Gasteiger partial charge in [0.25, 0.3) is 5.91 Å². The molecule has 0 bridgehead atoms. The van der Waals surface area contributed by atoms with Crippen LogP contribution in [-0.4, -0.2) is 47.2 Å². The largest absolute Gasteiger partial charge is 0.469 e. The number of aromatic nitrogens is 2. The number of amides is 1. The first-order valence-electron chi connectivity index (χ1n) is 6.82. The Balaban J connectivity index is 1.72. The van der Waals surface area contributed by atoms with Crippen molar-refractivity contribution in [1.29, 1.82) is 0 Å². The van der Waals surface area contributed by atoms with Crippen LogP contribution in [0.2, 0.25) is 0 Å². The van der Waals surface area contributed by atoms with Crippen molar-refractivity contribution in [2.45, 2.75) is 25.2 Å². The highest BCUT2D eigenvalue weighted by Crippen LogP contribution is 2.42. The average Bonchev–Trinajstić information content (AvgIpc) is 3.03. The molecule has 2 heterocycles. The molecular formula is C13H18N4O3. The number of nitrogen functional groups attached to an aromatic ring is 1. The van der Waals surface area contributed by atoms with Crippen LogP contribution in [0.25, 0.3) is 0 Å². The third-order valence-electron chi connectivity index (χ3n) is 4.03. The standard InChI is InChI=1S/C13H18N4O3/c1-20-13(19)8-4-5-17(6-8)12(18)11-9(14)10(15-16-11)7-2-3-7/h7-8H,2-6,14H2,1H3,(H,15,16). The number of nitrogens with zero attached hydrogens (tertiary/aromatic N) is 2. The number of likely N-dealkylation sites (tertiary alicyclic amines) is 1. The number of carbonyl (C=O) groups excluding carboxylic acids is 2. The van der Waals surface area contributed by atoms with E-state index in [0.29, 0.717) is 31.1 Å². The van der Waals surface area contributed by atoms with Crippen LogP contribution in [0.5, 0.6) is 0 Å². The van der Waals surface area contributed by atoms with E-state index in [2.05, 4.69) is 10.2 Å². The lowest BCUT2D eigenvalue weighted by atomic mass is 10.1. The van der Waals surface area contributed by atoms with Gasteiger partial charge in [0.2, 0.25) is 0 Å². The minimum Gasteiger partial charge on any atom is -0.469 e. The van der Waals surface area contributed by atoms with Crippen LogP contribution in [0.4, 0.5) is 5.69 Å². The number of H-pyrrole nitrogens is 1. The minimum absolute atomic E-state index is 0.211. The van der Waals surface area contributed by atoms with E-state index in [1.807, 2.05) is 0 Å². The van der Waals surface area contributed by atoms with Gasteiger partial charge in [0, 0.05) is 19.0 Å². The lowest BCUT2D eigenvalue weighted by Gasteiger charge is -2.14. The van der Waals surface area contributed by atoms with Crippen molar-refractivity contribution in [3.05, 3.63) is 11.4 Å². The molecule has 1 aromatic heterocycles. The highest BCUT2D eigenvalue weighted by Gasteiger charge is 2.35. The van der Waals surface area contributed by atoms with Crippen LogP contribution >= 0.6 is 0 Å². The molecule has 108 valence electrons. The Morgan fingerprint density at radius 3 is 2.80 bits per heavy atom. The van der Waals surface area contributed by atoms with Crippen molar-refractivity contribution < 1.29 is 14.3 Å². The van der Waals surface area contributed by atoms with Gasteiger partial charge in [0.05, 0.1) is 24.4 Å². The van der Waals surface area contributed by atoms with Crippen molar-refractivity contribution in [3.8, 4) is 0 Å². The SMILES string of the molecule is COC(=O)C1CCN(C(=O)c2n[nH]c(C3CC3)c2N)C1. The molecule has 3 N–H and O–H groups in total. The summed E-state index contributed by atoms with van der Waals surface area (Å²) >= 11 is 0. The molecule has 1 atom stereocenters. The normalized spacial score (nSPS) is 22.1. The Morgan fingerprint density at radius 1 is 1.40 bits per heavy atom. The van der Waals surface area contributed by atoms with E-state index in [9.17, 15) is 9.59 Å². The fraction of sp³-hybridized carbons (Fsp3) is 0.615. The van der Waals surface area contributed by atoms with Gasteiger partial charge in [-0.25, -0.2) is 0 Å². The molecule has 1 saturated carbocycles. The number of nitrogens with one attached hydrogen (secondary N) is 1. The monoisotopic (exact) mass is 278 g/mol. The molecule has 2 fully saturated rings. The van der Waals surface area contributed by atoms with E-state index < -0.39 is 0 Å².